The summed E-state index contributed by atoms with van der Waals surface area (Å²) in [5.41, 5.74) is 5.09. The summed E-state index contributed by atoms with van der Waals surface area (Å²) in [5, 5.41) is 0. The second kappa shape index (κ2) is 5.18. The molecule has 1 saturated heterocycles. The number of anilines is 1. The van der Waals surface area contributed by atoms with Crippen LogP contribution in [-0.4, -0.2) is 19.1 Å². The van der Waals surface area contributed by atoms with Crippen molar-refractivity contribution in [1.82, 2.24) is 0 Å². The first-order valence-electron chi connectivity index (χ1n) is 7.87. The molecule has 118 valence electrons. The number of amides is 1. The maximum atomic E-state index is 13.0. The molecule has 2 aliphatic heterocycles. The standard InChI is InChI=1S/C19H19NO3/c1-13-3-6-15(7-4-13)12-20-17-8-5-14(2)11-16(17)19(18(20)21)22-9-10-23-19/h3-8,11H,9-10,12H2,1-2H3. The molecule has 23 heavy (non-hydrogen) atoms. The third-order valence-corrected chi connectivity index (χ3v) is 4.48. The number of carbonyl (C=O) groups excluding carboxylic acids is 1. The van der Waals surface area contributed by atoms with E-state index in [1.807, 2.05) is 25.1 Å². The Morgan fingerprint density at radius 1 is 1.00 bits per heavy atom. The van der Waals surface area contributed by atoms with Crippen molar-refractivity contribution in [3.63, 3.8) is 0 Å². The van der Waals surface area contributed by atoms with Gasteiger partial charge in [-0.1, -0.05) is 41.5 Å². The van der Waals surface area contributed by atoms with Gasteiger partial charge in [-0.25, -0.2) is 0 Å². The van der Waals surface area contributed by atoms with Gasteiger partial charge in [0.2, 0.25) is 0 Å². The topological polar surface area (TPSA) is 38.8 Å². The molecule has 0 aromatic heterocycles. The van der Waals surface area contributed by atoms with Crippen LogP contribution in [0, 0.1) is 13.8 Å². The van der Waals surface area contributed by atoms with E-state index in [1.165, 1.54) is 5.56 Å². The van der Waals surface area contributed by atoms with E-state index in [2.05, 4.69) is 31.2 Å². The Labute approximate surface area is 135 Å². The van der Waals surface area contributed by atoms with E-state index in [1.54, 1.807) is 4.90 Å². The Morgan fingerprint density at radius 2 is 1.65 bits per heavy atom. The maximum Gasteiger partial charge on any atom is 0.292 e. The molecule has 2 aromatic carbocycles. The fourth-order valence-corrected chi connectivity index (χ4v) is 3.28. The lowest BCUT2D eigenvalue weighted by molar-refractivity contribution is -0.180. The van der Waals surface area contributed by atoms with Crippen molar-refractivity contribution in [1.29, 1.82) is 0 Å². The molecular weight excluding hydrogens is 290 g/mol. The van der Waals surface area contributed by atoms with Crippen molar-refractivity contribution in [3.8, 4) is 0 Å². The first-order chi connectivity index (χ1) is 11.1. The van der Waals surface area contributed by atoms with Crippen LogP contribution in [0.4, 0.5) is 5.69 Å². The van der Waals surface area contributed by atoms with E-state index >= 15 is 0 Å². The van der Waals surface area contributed by atoms with Gasteiger partial charge in [0.25, 0.3) is 11.7 Å². The van der Waals surface area contributed by atoms with Crippen LogP contribution >= 0.6 is 0 Å². The van der Waals surface area contributed by atoms with Crippen LogP contribution in [-0.2, 0) is 26.6 Å². The van der Waals surface area contributed by atoms with Crippen LogP contribution in [0.2, 0.25) is 0 Å². The molecular formula is C19H19NO3. The van der Waals surface area contributed by atoms with Gasteiger partial charge in [0.05, 0.1) is 25.4 Å². The zero-order chi connectivity index (χ0) is 16.0. The first-order valence-corrected chi connectivity index (χ1v) is 7.87. The number of rotatable bonds is 2. The third-order valence-electron chi connectivity index (χ3n) is 4.48. The van der Waals surface area contributed by atoms with Crippen LogP contribution in [0.3, 0.4) is 0 Å². The second-order valence-corrected chi connectivity index (χ2v) is 6.21. The molecule has 1 fully saturated rings. The summed E-state index contributed by atoms with van der Waals surface area (Å²) >= 11 is 0. The largest absolute Gasteiger partial charge is 0.336 e. The summed E-state index contributed by atoms with van der Waals surface area (Å²) < 4.78 is 11.5. The number of hydrogen-bond acceptors (Lipinski definition) is 3. The van der Waals surface area contributed by atoms with Crippen LogP contribution < -0.4 is 4.90 Å². The number of carbonyl (C=O) groups is 1. The fourth-order valence-electron chi connectivity index (χ4n) is 3.28. The highest BCUT2D eigenvalue weighted by Crippen LogP contribution is 2.46. The van der Waals surface area contributed by atoms with Gasteiger partial charge < -0.3 is 14.4 Å². The van der Waals surface area contributed by atoms with Gasteiger partial charge in [-0.2, -0.15) is 0 Å². The summed E-state index contributed by atoms with van der Waals surface area (Å²) in [5.74, 6) is -1.37. The molecule has 0 bridgehead atoms. The summed E-state index contributed by atoms with van der Waals surface area (Å²) in [6.45, 7) is 5.47. The van der Waals surface area contributed by atoms with Crippen LogP contribution in [0.25, 0.3) is 0 Å². The highest BCUT2D eigenvalue weighted by molar-refractivity contribution is 6.06. The average Bonchev–Trinajstić information content (AvgIpc) is 3.11. The van der Waals surface area contributed by atoms with E-state index in [0.29, 0.717) is 19.8 Å². The number of benzene rings is 2. The predicted molar refractivity (Wildman–Crippen MR) is 87.1 cm³/mol. The van der Waals surface area contributed by atoms with Crippen molar-refractivity contribution in [2.75, 3.05) is 18.1 Å². The van der Waals surface area contributed by atoms with Gasteiger partial charge >= 0.3 is 0 Å². The molecule has 2 aliphatic rings. The molecule has 4 nitrogen and oxygen atoms in total. The summed E-state index contributed by atoms with van der Waals surface area (Å²) in [6.07, 6.45) is 0. The fraction of sp³-hybridized carbons (Fsp3) is 0.316. The Balaban J connectivity index is 1.76. The average molecular weight is 309 g/mol. The Morgan fingerprint density at radius 3 is 2.35 bits per heavy atom. The predicted octanol–water partition coefficient (Wildman–Crippen LogP) is 3.05. The van der Waals surface area contributed by atoms with E-state index in [-0.39, 0.29) is 5.91 Å². The number of nitrogens with zero attached hydrogens (tertiary/aromatic N) is 1. The molecule has 0 aliphatic carbocycles. The molecule has 1 amide bonds. The molecule has 0 unspecified atom stereocenters. The Hall–Kier alpha value is -2.17. The highest BCUT2D eigenvalue weighted by Gasteiger charge is 2.55. The molecule has 0 saturated carbocycles. The van der Waals surface area contributed by atoms with Crippen molar-refractivity contribution >= 4 is 11.6 Å². The lowest BCUT2D eigenvalue weighted by Gasteiger charge is -2.22. The van der Waals surface area contributed by atoms with E-state index < -0.39 is 5.79 Å². The molecule has 4 rings (SSSR count). The molecule has 4 heteroatoms. The Bertz CT molecular complexity index is 761. The summed E-state index contributed by atoms with van der Waals surface area (Å²) in [4.78, 5) is 14.8. The quantitative estimate of drug-likeness (QED) is 0.856. The molecule has 1 spiro atoms. The highest BCUT2D eigenvalue weighted by atomic mass is 16.7. The van der Waals surface area contributed by atoms with E-state index in [9.17, 15) is 4.79 Å². The summed E-state index contributed by atoms with van der Waals surface area (Å²) in [6, 6.07) is 14.2. The zero-order valence-corrected chi connectivity index (χ0v) is 13.3. The smallest absolute Gasteiger partial charge is 0.292 e. The second-order valence-electron chi connectivity index (χ2n) is 6.21. The lowest BCUT2D eigenvalue weighted by atomic mass is 10.0. The minimum absolute atomic E-state index is 0.129. The SMILES string of the molecule is Cc1ccc(CN2C(=O)C3(OCCO3)c3cc(C)ccc32)cc1. The Kier molecular flexibility index (Phi) is 3.25. The van der Waals surface area contributed by atoms with Crippen molar-refractivity contribution < 1.29 is 14.3 Å². The van der Waals surface area contributed by atoms with E-state index in [4.69, 9.17) is 9.47 Å². The molecule has 0 N–H and O–H groups in total. The maximum absolute atomic E-state index is 13.0. The van der Waals surface area contributed by atoms with Crippen molar-refractivity contribution in [2.24, 2.45) is 0 Å². The van der Waals surface area contributed by atoms with Gasteiger partial charge in [0.1, 0.15) is 0 Å². The van der Waals surface area contributed by atoms with Crippen LogP contribution in [0.5, 0.6) is 0 Å². The van der Waals surface area contributed by atoms with Gasteiger partial charge in [0, 0.05) is 5.56 Å². The van der Waals surface area contributed by atoms with Crippen molar-refractivity contribution in [2.45, 2.75) is 26.2 Å². The number of ether oxygens (including phenoxy) is 2. The van der Waals surface area contributed by atoms with Gasteiger partial charge in [-0.15, -0.1) is 0 Å². The first kappa shape index (κ1) is 14.4. The summed E-state index contributed by atoms with van der Waals surface area (Å²) in [7, 11) is 0. The normalized spacial score (nSPS) is 18.7. The zero-order valence-electron chi connectivity index (χ0n) is 13.3. The lowest BCUT2D eigenvalue weighted by Crippen LogP contribution is -2.40. The monoisotopic (exact) mass is 309 g/mol. The third kappa shape index (κ3) is 2.18. The van der Waals surface area contributed by atoms with Gasteiger partial charge in [0.15, 0.2) is 0 Å². The van der Waals surface area contributed by atoms with E-state index in [0.717, 1.165) is 22.4 Å². The number of fused-ring (bicyclic) bond motifs is 2. The van der Waals surface area contributed by atoms with Gasteiger partial charge in [-0.3, -0.25) is 4.79 Å². The minimum atomic E-state index is -1.24. The molecule has 0 atom stereocenters. The van der Waals surface area contributed by atoms with Gasteiger partial charge in [-0.05, 0) is 31.5 Å². The number of hydrogen-bond donors (Lipinski definition) is 0. The molecule has 2 aromatic rings. The minimum Gasteiger partial charge on any atom is -0.336 e. The van der Waals surface area contributed by atoms with Crippen molar-refractivity contribution in [3.05, 3.63) is 64.7 Å². The van der Waals surface area contributed by atoms with Crippen LogP contribution in [0.1, 0.15) is 22.3 Å². The van der Waals surface area contributed by atoms with Crippen LogP contribution in [0.15, 0.2) is 42.5 Å². The molecule has 0 radical (unpaired) electrons. The number of aryl methyl sites for hydroxylation is 2. The molecule has 2 heterocycles.